The molecule has 5 nitrogen and oxygen atoms in total. The zero-order chi connectivity index (χ0) is 19.0. The molecule has 2 aromatic rings. The molecule has 2 heterocycles. The SMILES string of the molecule is CCN1c2cc(C(=O)Nc3ccc(F)cc3)ccc2C(=O)N2CCCC[C@@H]21. The molecule has 1 fully saturated rings. The Morgan fingerprint density at radius 2 is 1.96 bits per heavy atom. The van der Waals surface area contributed by atoms with Gasteiger partial charge in [0.25, 0.3) is 11.8 Å². The Morgan fingerprint density at radius 1 is 1.19 bits per heavy atom. The minimum atomic E-state index is -0.351. The van der Waals surface area contributed by atoms with Crippen LogP contribution >= 0.6 is 0 Å². The number of benzene rings is 2. The lowest BCUT2D eigenvalue weighted by Gasteiger charge is -2.47. The summed E-state index contributed by atoms with van der Waals surface area (Å²) in [6, 6.07) is 10.9. The summed E-state index contributed by atoms with van der Waals surface area (Å²) in [5.74, 6) is -0.584. The number of fused-ring (bicyclic) bond motifs is 2. The van der Waals surface area contributed by atoms with E-state index in [1.54, 1.807) is 18.2 Å². The fourth-order valence-electron chi connectivity index (χ4n) is 4.00. The zero-order valence-electron chi connectivity index (χ0n) is 15.2. The Morgan fingerprint density at radius 3 is 2.70 bits per heavy atom. The van der Waals surface area contributed by atoms with Crippen molar-refractivity contribution in [3.63, 3.8) is 0 Å². The summed E-state index contributed by atoms with van der Waals surface area (Å²) in [5.41, 5.74) is 2.47. The van der Waals surface area contributed by atoms with Crippen LogP contribution < -0.4 is 10.2 Å². The second kappa shape index (κ2) is 7.02. The van der Waals surface area contributed by atoms with E-state index in [0.29, 0.717) is 16.8 Å². The summed E-state index contributed by atoms with van der Waals surface area (Å²) in [6.45, 7) is 3.62. The number of nitrogens with zero attached hydrogens (tertiary/aromatic N) is 2. The molecule has 0 aromatic heterocycles. The van der Waals surface area contributed by atoms with Gasteiger partial charge in [0.15, 0.2) is 0 Å². The molecule has 0 aliphatic carbocycles. The van der Waals surface area contributed by atoms with Crippen molar-refractivity contribution in [1.29, 1.82) is 0 Å². The lowest BCUT2D eigenvalue weighted by molar-refractivity contribution is 0.0582. The Labute approximate surface area is 157 Å². The van der Waals surface area contributed by atoms with Crippen molar-refractivity contribution in [1.82, 2.24) is 4.90 Å². The molecular weight excluding hydrogens is 345 g/mol. The van der Waals surface area contributed by atoms with Crippen LogP contribution in [0.1, 0.15) is 46.9 Å². The number of carbonyl (C=O) groups excluding carboxylic acids is 2. The van der Waals surface area contributed by atoms with Gasteiger partial charge in [-0.25, -0.2) is 4.39 Å². The van der Waals surface area contributed by atoms with Crippen LogP contribution in [0.2, 0.25) is 0 Å². The first-order chi connectivity index (χ1) is 13.1. The number of amides is 2. The lowest BCUT2D eigenvalue weighted by atomic mass is 9.97. The normalized spacial score (nSPS) is 18.7. The third kappa shape index (κ3) is 3.16. The monoisotopic (exact) mass is 367 g/mol. The molecule has 2 aromatic carbocycles. The smallest absolute Gasteiger partial charge is 0.257 e. The molecule has 1 saturated heterocycles. The summed E-state index contributed by atoms with van der Waals surface area (Å²) in [5, 5.41) is 2.77. The van der Waals surface area contributed by atoms with Crippen molar-refractivity contribution >= 4 is 23.2 Å². The van der Waals surface area contributed by atoms with E-state index in [0.717, 1.165) is 38.0 Å². The fraction of sp³-hybridized carbons (Fsp3) is 0.333. The molecule has 4 rings (SSSR count). The van der Waals surface area contributed by atoms with Crippen molar-refractivity contribution in [3.05, 3.63) is 59.4 Å². The molecule has 2 aliphatic heterocycles. The number of piperidine rings is 1. The van der Waals surface area contributed by atoms with Crippen LogP contribution in [-0.2, 0) is 0 Å². The van der Waals surface area contributed by atoms with Crippen molar-refractivity contribution < 1.29 is 14.0 Å². The molecular formula is C21H22FN3O2. The Kier molecular flexibility index (Phi) is 4.56. The van der Waals surface area contributed by atoms with E-state index >= 15 is 0 Å². The van der Waals surface area contributed by atoms with Crippen LogP contribution in [0.5, 0.6) is 0 Å². The highest BCUT2D eigenvalue weighted by Gasteiger charge is 2.38. The zero-order valence-corrected chi connectivity index (χ0v) is 15.2. The molecule has 0 bridgehead atoms. The maximum Gasteiger partial charge on any atom is 0.257 e. The second-order valence-corrected chi connectivity index (χ2v) is 6.95. The van der Waals surface area contributed by atoms with Gasteiger partial charge in [0, 0.05) is 24.3 Å². The first-order valence-corrected chi connectivity index (χ1v) is 9.37. The summed E-state index contributed by atoms with van der Waals surface area (Å²) in [4.78, 5) is 29.7. The maximum absolute atomic E-state index is 13.0. The molecule has 0 radical (unpaired) electrons. The highest BCUT2D eigenvalue weighted by atomic mass is 19.1. The van der Waals surface area contributed by atoms with E-state index in [1.807, 2.05) is 4.90 Å². The second-order valence-electron chi connectivity index (χ2n) is 6.95. The summed E-state index contributed by atoms with van der Waals surface area (Å²) in [7, 11) is 0. The van der Waals surface area contributed by atoms with Gasteiger partial charge in [-0.1, -0.05) is 0 Å². The largest absolute Gasteiger partial charge is 0.351 e. The van der Waals surface area contributed by atoms with E-state index < -0.39 is 0 Å². The Hall–Kier alpha value is -2.89. The molecule has 2 aliphatic rings. The fourth-order valence-corrected chi connectivity index (χ4v) is 4.00. The predicted octanol–water partition coefficient (Wildman–Crippen LogP) is 3.87. The molecule has 1 N–H and O–H groups in total. The van der Waals surface area contributed by atoms with Crippen LogP contribution in [0.25, 0.3) is 0 Å². The Balaban J connectivity index is 1.65. The third-order valence-corrected chi connectivity index (χ3v) is 5.33. The van der Waals surface area contributed by atoms with E-state index in [9.17, 15) is 14.0 Å². The van der Waals surface area contributed by atoms with Gasteiger partial charge in [-0.15, -0.1) is 0 Å². The molecule has 2 amide bonds. The van der Waals surface area contributed by atoms with Gasteiger partial charge in [-0.05, 0) is 68.7 Å². The maximum atomic E-state index is 13.0. The van der Waals surface area contributed by atoms with Crippen LogP contribution in [0.3, 0.4) is 0 Å². The summed E-state index contributed by atoms with van der Waals surface area (Å²) in [6.07, 6.45) is 3.16. The van der Waals surface area contributed by atoms with Crippen LogP contribution in [0.4, 0.5) is 15.8 Å². The third-order valence-electron chi connectivity index (χ3n) is 5.33. The van der Waals surface area contributed by atoms with Gasteiger partial charge in [0.2, 0.25) is 0 Å². The first-order valence-electron chi connectivity index (χ1n) is 9.37. The topological polar surface area (TPSA) is 52.7 Å². The van der Waals surface area contributed by atoms with E-state index in [2.05, 4.69) is 17.1 Å². The minimum Gasteiger partial charge on any atom is -0.351 e. The van der Waals surface area contributed by atoms with Gasteiger partial charge < -0.3 is 15.1 Å². The van der Waals surface area contributed by atoms with E-state index in [-0.39, 0.29) is 23.8 Å². The number of rotatable bonds is 3. The molecule has 6 heteroatoms. The number of anilines is 2. The average molecular weight is 367 g/mol. The average Bonchev–Trinajstić information content (AvgIpc) is 2.70. The minimum absolute atomic E-state index is 0.0462. The van der Waals surface area contributed by atoms with Crippen molar-refractivity contribution in [2.45, 2.75) is 32.4 Å². The molecule has 27 heavy (non-hydrogen) atoms. The number of hydrogen-bond acceptors (Lipinski definition) is 3. The molecule has 0 unspecified atom stereocenters. The van der Waals surface area contributed by atoms with Crippen molar-refractivity contribution in [3.8, 4) is 0 Å². The summed E-state index contributed by atoms with van der Waals surface area (Å²) >= 11 is 0. The number of nitrogens with one attached hydrogen (secondary N) is 1. The predicted molar refractivity (Wildman–Crippen MR) is 102 cm³/mol. The highest BCUT2D eigenvalue weighted by molar-refractivity contribution is 6.08. The molecule has 0 saturated carbocycles. The number of halogens is 1. The summed E-state index contributed by atoms with van der Waals surface area (Å²) < 4.78 is 13.0. The Bertz CT molecular complexity index is 881. The van der Waals surface area contributed by atoms with Gasteiger partial charge in [0.1, 0.15) is 12.0 Å². The van der Waals surface area contributed by atoms with Gasteiger partial charge in [0.05, 0.1) is 11.3 Å². The van der Waals surface area contributed by atoms with E-state index in [1.165, 1.54) is 24.3 Å². The van der Waals surface area contributed by atoms with Crippen LogP contribution in [0, 0.1) is 5.82 Å². The number of hydrogen-bond donors (Lipinski definition) is 1. The molecule has 140 valence electrons. The highest BCUT2D eigenvalue weighted by Crippen LogP contribution is 2.35. The van der Waals surface area contributed by atoms with E-state index in [4.69, 9.17) is 0 Å². The van der Waals surface area contributed by atoms with Gasteiger partial charge in [-0.2, -0.15) is 0 Å². The van der Waals surface area contributed by atoms with Gasteiger partial charge >= 0.3 is 0 Å². The molecule has 0 spiro atoms. The van der Waals surface area contributed by atoms with Crippen LogP contribution in [-0.4, -0.2) is 36.0 Å². The lowest BCUT2D eigenvalue weighted by Crippen LogP contribution is -2.57. The van der Waals surface area contributed by atoms with Crippen molar-refractivity contribution in [2.75, 3.05) is 23.3 Å². The standard InChI is InChI=1S/C21H22FN3O2/c1-2-24-18-13-14(20(26)23-16-9-7-15(22)8-10-16)6-11-17(18)21(27)25-12-4-3-5-19(24)25/h6-11,13,19H,2-5,12H2,1H3,(H,23,26)/t19-/m1/s1. The quantitative estimate of drug-likeness (QED) is 0.896. The van der Waals surface area contributed by atoms with Crippen LogP contribution in [0.15, 0.2) is 42.5 Å². The first kappa shape index (κ1) is 17.5. The van der Waals surface area contributed by atoms with Crippen molar-refractivity contribution in [2.24, 2.45) is 0 Å². The van der Waals surface area contributed by atoms with Gasteiger partial charge in [-0.3, -0.25) is 9.59 Å². The number of carbonyl (C=O) groups is 2. The molecule has 1 atom stereocenters.